The Morgan fingerprint density at radius 2 is 1.59 bits per heavy atom. The van der Waals surface area contributed by atoms with E-state index in [0.29, 0.717) is 0 Å². The van der Waals surface area contributed by atoms with Crippen molar-refractivity contribution in [1.82, 2.24) is 0 Å². The van der Waals surface area contributed by atoms with Gasteiger partial charge in [-0.1, -0.05) is 50.2 Å². The minimum atomic E-state index is 1.12. The Labute approximate surface area is 103 Å². The van der Waals surface area contributed by atoms with Crippen LogP contribution in [-0.2, 0) is 19.3 Å². The maximum Gasteiger partial charge on any atom is -0.00106 e. The highest BCUT2D eigenvalue weighted by Gasteiger charge is 2.21. The van der Waals surface area contributed by atoms with Crippen molar-refractivity contribution in [3.63, 3.8) is 0 Å². The second-order valence-corrected chi connectivity index (χ2v) is 4.78. The van der Waals surface area contributed by atoms with Crippen molar-refractivity contribution in [2.45, 2.75) is 33.1 Å². The SMILES string of the molecule is CCc1cccc2c1Cc1cccc(CC)c1-2. The summed E-state index contributed by atoms with van der Waals surface area (Å²) in [6.07, 6.45) is 3.39. The zero-order valence-corrected chi connectivity index (χ0v) is 10.6. The zero-order chi connectivity index (χ0) is 11.8. The highest BCUT2D eigenvalue weighted by atomic mass is 14.3. The van der Waals surface area contributed by atoms with Gasteiger partial charge in [0.15, 0.2) is 0 Å². The van der Waals surface area contributed by atoms with Gasteiger partial charge >= 0.3 is 0 Å². The van der Waals surface area contributed by atoms with Gasteiger partial charge in [0.25, 0.3) is 0 Å². The third-order valence-electron chi connectivity index (χ3n) is 3.91. The van der Waals surface area contributed by atoms with Gasteiger partial charge in [0, 0.05) is 0 Å². The van der Waals surface area contributed by atoms with Crippen LogP contribution in [0.5, 0.6) is 0 Å². The average Bonchev–Trinajstić information content (AvgIpc) is 2.76. The lowest BCUT2D eigenvalue weighted by atomic mass is 9.96. The van der Waals surface area contributed by atoms with Crippen LogP contribution in [0.25, 0.3) is 11.1 Å². The molecule has 0 unspecified atom stereocenters. The summed E-state index contributed by atoms with van der Waals surface area (Å²) in [5, 5.41) is 0. The summed E-state index contributed by atoms with van der Waals surface area (Å²) in [6.45, 7) is 4.50. The molecule has 0 bridgehead atoms. The number of benzene rings is 2. The zero-order valence-electron chi connectivity index (χ0n) is 10.6. The summed E-state index contributed by atoms with van der Waals surface area (Å²) in [5.74, 6) is 0. The molecule has 0 saturated carbocycles. The van der Waals surface area contributed by atoms with Gasteiger partial charge in [-0.25, -0.2) is 0 Å². The Hall–Kier alpha value is -1.56. The Morgan fingerprint density at radius 3 is 2.35 bits per heavy atom. The van der Waals surface area contributed by atoms with Gasteiger partial charge < -0.3 is 0 Å². The summed E-state index contributed by atoms with van der Waals surface area (Å²) < 4.78 is 0. The molecule has 0 amide bonds. The van der Waals surface area contributed by atoms with Crippen molar-refractivity contribution >= 4 is 0 Å². The highest BCUT2D eigenvalue weighted by molar-refractivity contribution is 5.80. The van der Waals surface area contributed by atoms with E-state index in [1.165, 1.54) is 27.8 Å². The quantitative estimate of drug-likeness (QED) is 0.603. The molecule has 0 aromatic heterocycles. The Balaban J connectivity index is 2.27. The Kier molecular flexibility index (Phi) is 2.51. The summed E-state index contributed by atoms with van der Waals surface area (Å²) in [5.41, 5.74) is 9.08. The van der Waals surface area contributed by atoms with E-state index in [-0.39, 0.29) is 0 Å². The fraction of sp³-hybridized carbons (Fsp3) is 0.294. The molecule has 1 aliphatic rings. The molecule has 2 aromatic carbocycles. The molecule has 3 rings (SSSR count). The molecule has 0 spiro atoms. The minimum Gasteiger partial charge on any atom is -0.0617 e. The summed E-state index contributed by atoms with van der Waals surface area (Å²) in [4.78, 5) is 0. The van der Waals surface area contributed by atoms with E-state index in [2.05, 4.69) is 50.2 Å². The largest absolute Gasteiger partial charge is 0.0617 e. The predicted molar refractivity (Wildman–Crippen MR) is 73.4 cm³/mol. The third kappa shape index (κ3) is 1.51. The van der Waals surface area contributed by atoms with E-state index >= 15 is 0 Å². The average molecular weight is 222 g/mol. The lowest BCUT2D eigenvalue weighted by Crippen LogP contribution is -1.89. The maximum absolute atomic E-state index is 2.29. The molecule has 2 aromatic rings. The monoisotopic (exact) mass is 222 g/mol. The second kappa shape index (κ2) is 4.03. The molecule has 17 heavy (non-hydrogen) atoms. The molecule has 86 valence electrons. The molecule has 0 N–H and O–H groups in total. The molecule has 0 heterocycles. The fourth-order valence-electron chi connectivity index (χ4n) is 3.04. The van der Waals surface area contributed by atoms with Gasteiger partial charge in [-0.2, -0.15) is 0 Å². The molecule has 1 aliphatic carbocycles. The van der Waals surface area contributed by atoms with E-state index in [0.717, 1.165) is 19.3 Å². The molecular formula is C17H18. The molecule has 0 fully saturated rings. The van der Waals surface area contributed by atoms with Crippen LogP contribution in [0.1, 0.15) is 36.1 Å². The highest BCUT2D eigenvalue weighted by Crippen LogP contribution is 2.40. The smallest absolute Gasteiger partial charge is 0.00106 e. The number of hydrogen-bond donors (Lipinski definition) is 0. The Bertz CT molecular complexity index is 564. The predicted octanol–water partition coefficient (Wildman–Crippen LogP) is 4.38. The van der Waals surface area contributed by atoms with Crippen molar-refractivity contribution in [2.75, 3.05) is 0 Å². The molecule has 0 heteroatoms. The first kappa shape index (κ1) is 10.6. The van der Waals surface area contributed by atoms with Crippen LogP contribution in [0.4, 0.5) is 0 Å². The molecular weight excluding hydrogens is 204 g/mol. The van der Waals surface area contributed by atoms with E-state index in [4.69, 9.17) is 0 Å². The number of fused-ring (bicyclic) bond motifs is 3. The topological polar surface area (TPSA) is 0 Å². The van der Waals surface area contributed by atoms with Crippen LogP contribution in [0.2, 0.25) is 0 Å². The van der Waals surface area contributed by atoms with Crippen molar-refractivity contribution < 1.29 is 0 Å². The minimum absolute atomic E-state index is 1.12. The number of hydrogen-bond acceptors (Lipinski definition) is 0. The summed E-state index contributed by atoms with van der Waals surface area (Å²) in [7, 11) is 0. The fourth-order valence-corrected chi connectivity index (χ4v) is 3.04. The van der Waals surface area contributed by atoms with Crippen LogP contribution < -0.4 is 0 Å². The summed E-state index contributed by atoms with van der Waals surface area (Å²) >= 11 is 0. The first-order valence-electron chi connectivity index (χ1n) is 6.57. The first-order chi connectivity index (χ1) is 8.35. The van der Waals surface area contributed by atoms with E-state index < -0.39 is 0 Å². The molecule has 0 atom stereocenters. The molecule has 0 aliphatic heterocycles. The van der Waals surface area contributed by atoms with E-state index in [1.54, 1.807) is 5.56 Å². The van der Waals surface area contributed by atoms with Crippen molar-refractivity contribution in [3.8, 4) is 11.1 Å². The van der Waals surface area contributed by atoms with Crippen LogP contribution >= 0.6 is 0 Å². The van der Waals surface area contributed by atoms with Gasteiger partial charge in [0.2, 0.25) is 0 Å². The van der Waals surface area contributed by atoms with Crippen LogP contribution in [-0.4, -0.2) is 0 Å². The van der Waals surface area contributed by atoms with Crippen LogP contribution in [0.3, 0.4) is 0 Å². The van der Waals surface area contributed by atoms with E-state index in [1.807, 2.05) is 0 Å². The van der Waals surface area contributed by atoms with Gasteiger partial charge in [-0.15, -0.1) is 0 Å². The number of aryl methyl sites for hydroxylation is 2. The normalized spacial score (nSPS) is 12.4. The van der Waals surface area contributed by atoms with Gasteiger partial charge in [-0.05, 0) is 52.6 Å². The molecule has 0 radical (unpaired) electrons. The van der Waals surface area contributed by atoms with Crippen LogP contribution in [0.15, 0.2) is 36.4 Å². The molecule has 0 saturated heterocycles. The van der Waals surface area contributed by atoms with Gasteiger partial charge in [0.05, 0.1) is 0 Å². The molecule has 0 nitrogen and oxygen atoms in total. The first-order valence-corrected chi connectivity index (χ1v) is 6.57. The Morgan fingerprint density at radius 1 is 0.882 bits per heavy atom. The van der Waals surface area contributed by atoms with Crippen LogP contribution in [0, 0.1) is 0 Å². The maximum atomic E-state index is 2.29. The standard InChI is InChI=1S/C17H18/c1-3-12-7-6-10-15-16(12)11-14-9-5-8-13(4-2)17(14)15/h5-10H,3-4,11H2,1-2H3. The lowest BCUT2D eigenvalue weighted by molar-refractivity contribution is 1.08. The number of rotatable bonds is 2. The lowest BCUT2D eigenvalue weighted by Gasteiger charge is -2.08. The van der Waals surface area contributed by atoms with E-state index in [9.17, 15) is 0 Å². The van der Waals surface area contributed by atoms with Crippen molar-refractivity contribution in [3.05, 3.63) is 58.7 Å². The van der Waals surface area contributed by atoms with Crippen molar-refractivity contribution in [1.29, 1.82) is 0 Å². The third-order valence-corrected chi connectivity index (χ3v) is 3.91. The van der Waals surface area contributed by atoms with Crippen molar-refractivity contribution in [2.24, 2.45) is 0 Å². The summed E-state index contributed by atoms with van der Waals surface area (Å²) in [6, 6.07) is 13.5. The second-order valence-electron chi connectivity index (χ2n) is 4.78. The van der Waals surface area contributed by atoms with Gasteiger partial charge in [0.1, 0.15) is 0 Å². The van der Waals surface area contributed by atoms with Gasteiger partial charge in [-0.3, -0.25) is 0 Å².